The van der Waals surface area contributed by atoms with E-state index in [4.69, 9.17) is 19.2 Å². The van der Waals surface area contributed by atoms with Crippen molar-refractivity contribution in [3.05, 3.63) is 11.6 Å². The number of hydrogen-bond donors (Lipinski definition) is 1. The van der Waals surface area contributed by atoms with Crippen LogP contribution in [0.1, 0.15) is 56.6 Å². The number of piperidine rings is 1. The molecular formula is C22H39IN6O3. The number of likely N-dealkylation sites (tertiary alicyclic amines) is 1. The molecule has 9 nitrogen and oxygen atoms in total. The maximum Gasteiger partial charge on any atom is 0.194 e. The summed E-state index contributed by atoms with van der Waals surface area (Å²) in [4.78, 5) is 7.23. The van der Waals surface area contributed by atoms with Crippen molar-refractivity contribution in [2.24, 2.45) is 12.0 Å². The number of hydrogen-bond acceptors (Lipinski definition) is 6. The van der Waals surface area contributed by atoms with E-state index in [2.05, 4.69) is 20.4 Å². The van der Waals surface area contributed by atoms with Crippen LogP contribution in [0.4, 0.5) is 0 Å². The highest BCUT2D eigenvalue weighted by atomic mass is 127. The smallest absolute Gasteiger partial charge is 0.194 e. The van der Waals surface area contributed by atoms with Gasteiger partial charge in [0.15, 0.2) is 11.8 Å². The molecule has 3 saturated heterocycles. The maximum absolute atomic E-state index is 6.19. The summed E-state index contributed by atoms with van der Waals surface area (Å²) in [5.74, 6) is 2.71. The number of halogens is 1. The van der Waals surface area contributed by atoms with Crippen molar-refractivity contribution in [2.45, 2.75) is 76.7 Å². The fourth-order valence-corrected chi connectivity index (χ4v) is 4.43. The maximum atomic E-state index is 6.19. The average molecular weight is 562 g/mol. The molecule has 32 heavy (non-hydrogen) atoms. The molecule has 1 aromatic heterocycles. The summed E-state index contributed by atoms with van der Waals surface area (Å²) in [5.41, 5.74) is 0. The summed E-state index contributed by atoms with van der Waals surface area (Å²) < 4.78 is 19.8. The Morgan fingerprint density at radius 1 is 1.06 bits per heavy atom. The van der Waals surface area contributed by atoms with E-state index in [1.807, 2.05) is 18.5 Å². The molecule has 3 aliphatic heterocycles. The summed E-state index contributed by atoms with van der Waals surface area (Å²) in [6.07, 6.45) is 8.72. The molecule has 3 fully saturated rings. The zero-order valence-electron chi connectivity index (χ0n) is 19.5. The molecule has 0 radical (unpaired) electrons. The minimum Gasteiger partial charge on any atom is -0.376 e. The molecule has 1 aromatic rings. The van der Waals surface area contributed by atoms with Crippen LogP contribution < -0.4 is 5.32 Å². The Morgan fingerprint density at radius 3 is 2.47 bits per heavy atom. The van der Waals surface area contributed by atoms with Crippen molar-refractivity contribution < 1.29 is 14.2 Å². The molecule has 182 valence electrons. The van der Waals surface area contributed by atoms with Gasteiger partial charge in [0.1, 0.15) is 12.4 Å². The molecule has 1 N–H and O–H groups in total. The average Bonchev–Trinajstić information content (AvgIpc) is 3.44. The Labute approximate surface area is 208 Å². The fraction of sp³-hybridized carbons (Fsp3) is 0.864. The monoisotopic (exact) mass is 562 g/mol. The van der Waals surface area contributed by atoms with Crippen LogP contribution in [0.5, 0.6) is 0 Å². The highest BCUT2D eigenvalue weighted by Crippen LogP contribution is 2.18. The summed E-state index contributed by atoms with van der Waals surface area (Å²) >= 11 is 0. The highest BCUT2D eigenvalue weighted by molar-refractivity contribution is 14.0. The summed E-state index contributed by atoms with van der Waals surface area (Å²) in [5, 5.41) is 12.0. The van der Waals surface area contributed by atoms with Crippen molar-refractivity contribution >= 4 is 29.9 Å². The zero-order valence-corrected chi connectivity index (χ0v) is 21.8. The Balaban J connectivity index is 0.00000289. The predicted molar refractivity (Wildman–Crippen MR) is 133 cm³/mol. The van der Waals surface area contributed by atoms with E-state index >= 15 is 0 Å². The third-order valence-corrected chi connectivity index (χ3v) is 6.60. The van der Waals surface area contributed by atoms with Crippen LogP contribution in [0.15, 0.2) is 4.99 Å². The predicted octanol–water partition coefficient (Wildman–Crippen LogP) is 2.42. The molecule has 3 aliphatic rings. The standard InChI is InChI=1S/C22H38N6O3.HI/c1-17-25-26-21(27(17)2)15-24-22(23-14-19-7-5-13-29-19)28-10-8-18(9-11-28)31-16-20-6-3-4-12-30-20;/h18-20H,3-16H2,1-2H3,(H,23,24);1H. The summed E-state index contributed by atoms with van der Waals surface area (Å²) in [6.45, 7) is 7.62. The van der Waals surface area contributed by atoms with Gasteiger partial charge in [-0.3, -0.25) is 0 Å². The lowest BCUT2D eigenvalue weighted by atomic mass is 10.1. The molecule has 0 spiro atoms. The van der Waals surface area contributed by atoms with Crippen LogP contribution in [0.25, 0.3) is 0 Å². The van der Waals surface area contributed by atoms with Gasteiger partial charge in [-0.05, 0) is 51.9 Å². The zero-order chi connectivity index (χ0) is 21.5. The number of nitrogens with zero attached hydrogens (tertiary/aromatic N) is 5. The van der Waals surface area contributed by atoms with Gasteiger partial charge in [0.2, 0.25) is 0 Å². The largest absolute Gasteiger partial charge is 0.376 e. The Morgan fingerprint density at radius 2 is 1.81 bits per heavy atom. The third-order valence-electron chi connectivity index (χ3n) is 6.60. The third kappa shape index (κ3) is 7.26. The molecule has 4 heterocycles. The van der Waals surface area contributed by atoms with Crippen molar-refractivity contribution in [3.63, 3.8) is 0 Å². The second kappa shape index (κ2) is 13.0. The normalized spacial score (nSPS) is 25.1. The van der Waals surface area contributed by atoms with E-state index in [-0.39, 0.29) is 36.2 Å². The number of nitrogens with one attached hydrogen (secondary N) is 1. The van der Waals surface area contributed by atoms with E-state index in [0.29, 0.717) is 12.6 Å². The first-order valence-corrected chi connectivity index (χ1v) is 11.9. The Kier molecular flexibility index (Phi) is 10.5. The molecule has 0 bridgehead atoms. The van der Waals surface area contributed by atoms with Crippen molar-refractivity contribution in [3.8, 4) is 0 Å². The molecule has 0 aromatic carbocycles. The summed E-state index contributed by atoms with van der Waals surface area (Å²) in [6, 6.07) is 0. The molecule has 4 rings (SSSR count). The van der Waals surface area contributed by atoms with Gasteiger partial charge in [0.05, 0.1) is 24.9 Å². The summed E-state index contributed by atoms with van der Waals surface area (Å²) in [7, 11) is 1.98. The minimum absolute atomic E-state index is 0. The topological polar surface area (TPSA) is 86.0 Å². The van der Waals surface area contributed by atoms with Gasteiger partial charge < -0.3 is 29.0 Å². The van der Waals surface area contributed by atoms with Crippen molar-refractivity contribution in [1.29, 1.82) is 0 Å². The Hall–Kier alpha value is -0.980. The van der Waals surface area contributed by atoms with E-state index in [9.17, 15) is 0 Å². The van der Waals surface area contributed by atoms with Crippen LogP contribution in [0, 0.1) is 6.92 Å². The van der Waals surface area contributed by atoms with Gasteiger partial charge in [-0.15, -0.1) is 34.2 Å². The number of aromatic nitrogens is 3. The van der Waals surface area contributed by atoms with Crippen LogP contribution in [0.2, 0.25) is 0 Å². The SMILES string of the molecule is Cc1nnc(CN=C(NCC2CCCO2)N2CCC(OCC3CCCCO3)CC2)n1C.I. The van der Waals surface area contributed by atoms with E-state index < -0.39 is 0 Å². The van der Waals surface area contributed by atoms with Crippen LogP contribution in [-0.4, -0.2) is 83.4 Å². The minimum atomic E-state index is 0. The molecule has 2 atom stereocenters. The van der Waals surface area contributed by atoms with Crippen LogP contribution in [0.3, 0.4) is 0 Å². The first-order valence-electron chi connectivity index (χ1n) is 11.9. The number of ether oxygens (including phenoxy) is 3. The Bertz CT molecular complexity index is 711. The highest BCUT2D eigenvalue weighted by Gasteiger charge is 2.25. The van der Waals surface area contributed by atoms with E-state index in [0.717, 1.165) is 89.2 Å². The van der Waals surface area contributed by atoms with E-state index in [1.165, 1.54) is 12.8 Å². The van der Waals surface area contributed by atoms with Gasteiger partial charge >= 0.3 is 0 Å². The number of rotatable bonds is 7. The van der Waals surface area contributed by atoms with Crippen molar-refractivity contribution in [2.75, 3.05) is 39.5 Å². The number of aliphatic imine (C=N–C) groups is 1. The molecule has 0 saturated carbocycles. The fourth-order valence-electron chi connectivity index (χ4n) is 4.43. The first-order chi connectivity index (χ1) is 15.2. The van der Waals surface area contributed by atoms with Gasteiger partial charge in [-0.25, -0.2) is 4.99 Å². The molecular weight excluding hydrogens is 523 g/mol. The second-order valence-electron chi connectivity index (χ2n) is 8.89. The lowest BCUT2D eigenvalue weighted by molar-refractivity contribution is -0.0721. The molecule has 10 heteroatoms. The molecule has 2 unspecified atom stereocenters. The number of guanidine groups is 1. The van der Waals surface area contributed by atoms with Gasteiger partial charge in [0.25, 0.3) is 0 Å². The van der Waals surface area contributed by atoms with Gasteiger partial charge in [0, 0.05) is 39.9 Å². The number of aryl methyl sites for hydroxylation is 1. The van der Waals surface area contributed by atoms with E-state index in [1.54, 1.807) is 0 Å². The molecule has 0 aliphatic carbocycles. The van der Waals surface area contributed by atoms with Gasteiger partial charge in [-0.1, -0.05) is 0 Å². The van der Waals surface area contributed by atoms with Gasteiger partial charge in [-0.2, -0.15) is 0 Å². The first kappa shape index (κ1) is 25.6. The lowest BCUT2D eigenvalue weighted by Crippen LogP contribution is -2.48. The lowest BCUT2D eigenvalue weighted by Gasteiger charge is -2.35. The molecule has 0 amide bonds. The van der Waals surface area contributed by atoms with Crippen LogP contribution in [-0.2, 0) is 27.8 Å². The second-order valence-corrected chi connectivity index (χ2v) is 8.89. The quantitative estimate of drug-likeness (QED) is 0.311. The van der Waals surface area contributed by atoms with Crippen LogP contribution >= 0.6 is 24.0 Å². The van der Waals surface area contributed by atoms with Crippen molar-refractivity contribution in [1.82, 2.24) is 25.0 Å².